The van der Waals surface area contributed by atoms with Gasteiger partial charge in [-0.3, -0.25) is 0 Å². The number of thiazole rings is 1. The molecule has 0 saturated carbocycles. The fourth-order valence-corrected chi connectivity index (χ4v) is 2.91. The van der Waals surface area contributed by atoms with Gasteiger partial charge in [0.2, 0.25) is 0 Å². The molecule has 0 aliphatic rings. The topological polar surface area (TPSA) is 50.7 Å². The summed E-state index contributed by atoms with van der Waals surface area (Å²) in [6.07, 6.45) is 0. The van der Waals surface area contributed by atoms with Crippen LogP contribution in [0.15, 0.2) is 11.4 Å². The summed E-state index contributed by atoms with van der Waals surface area (Å²) in [4.78, 5) is 13.8. The Morgan fingerprint density at radius 1 is 1.00 bits per heavy atom. The molecule has 0 fully saturated rings. The molecule has 2 rings (SSSR count). The molecular formula is C16H24N4S. The Labute approximate surface area is 131 Å². The van der Waals surface area contributed by atoms with E-state index in [0.717, 1.165) is 23.0 Å². The molecule has 1 N–H and O–H groups in total. The average molecular weight is 304 g/mol. The van der Waals surface area contributed by atoms with E-state index >= 15 is 0 Å². The van der Waals surface area contributed by atoms with E-state index in [-0.39, 0.29) is 6.04 Å². The summed E-state index contributed by atoms with van der Waals surface area (Å²) in [5.74, 6) is 2.56. The van der Waals surface area contributed by atoms with Gasteiger partial charge in [0, 0.05) is 29.0 Å². The van der Waals surface area contributed by atoms with Gasteiger partial charge in [0.25, 0.3) is 0 Å². The van der Waals surface area contributed by atoms with Crippen molar-refractivity contribution in [2.45, 2.75) is 59.4 Å². The third kappa shape index (κ3) is 4.00. The van der Waals surface area contributed by atoms with Gasteiger partial charge in [-0.1, -0.05) is 27.7 Å². The molecule has 4 nitrogen and oxygen atoms in total. The monoisotopic (exact) mass is 304 g/mol. The van der Waals surface area contributed by atoms with Gasteiger partial charge in [0.1, 0.15) is 11.6 Å². The van der Waals surface area contributed by atoms with Crippen molar-refractivity contribution in [2.24, 2.45) is 0 Å². The second-order valence-corrected chi connectivity index (χ2v) is 6.93. The van der Waals surface area contributed by atoms with Crippen LogP contribution in [0.25, 0.3) is 0 Å². The molecule has 0 spiro atoms. The molecule has 114 valence electrons. The van der Waals surface area contributed by atoms with Crippen molar-refractivity contribution in [3.05, 3.63) is 33.7 Å². The van der Waals surface area contributed by atoms with Crippen molar-refractivity contribution >= 4 is 17.2 Å². The van der Waals surface area contributed by atoms with E-state index in [1.54, 1.807) is 11.3 Å². The van der Waals surface area contributed by atoms with Gasteiger partial charge < -0.3 is 5.32 Å². The first-order valence-corrected chi connectivity index (χ1v) is 8.32. The van der Waals surface area contributed by atoms with Crippen LogP contribution in [0.1, 0.15) is 74.7 Å². The van der Waals surface area contributed by atoms with Crippen LogP contribution in [0.3, 0.4) is 0 Å². The number of nitrogens with zero attached hydrogens (tertiary/aromatic N) is 3. The van der Waals surface area contributed by atoms with E-state index in [2.05, 4.69) is 55.3 Å². The van der Waals surface area contributed by atoms with Crippen molar-refractivity contribution in [3.8, 4) is 0 Å². The van der Waals surface area contributed by atoms with Crippen molar-refractivity contribution in [2.75, 3.05) is 5.32 Å². The maximum atomic E-state index is 4.70. The van der Waals surface area contributed by atoms with Gasteiger partial charge in [0.15, 0.2) is 0 Å². The molecule has 1 atom stereocenters. The summed E-state index contributed by atoms with van der Waals surface area (Å²) < 4.78 is 0. The highest BCUT2D eigenvalue weighted by Gasteiger charge is 2.13. The quantitative estimate of drug-likeness (QED) is 0.872. The zero-order chi connectivity index (χ0) is 15.6. The van der Waals surface area contributed by atoms with E-state index in [9.17, 15) is 0 Å². The zero-order valence-electron chi connectivity index (χ0n) is 13.6. The molecule has 0 saturated heterocycles. The molecule has 2 heterocycles. The highest BCUT2D eigenvalue weighted by molar-refractivity contribution is 7.09. The number of aromatic nitrogens is 3. The predicted octanol–water partition coefficient (Wildman–Crippen LogP) is 4.66. The van der Waals surface area contributed by atoms with Crippen LogP contribution in [0.4, 0.5) is 5.82 Å². The van der Waals surface area contributed by atoms with Gasteiger partial charge >= 0.3 is 0 Å². The van der Waals surface area contributed by atoms with Crippen LogP contribution < -0.4 is 5.32 Å². The fraction of sp³-hybridized carbons (Fsp3) is 0.562. The van der Waals surface area contributed by atoms with Gasteiger partial charge in [0.05, 0.1) is 16.7 Å². The molecule has 0 aliphatic carbocycles. The van der Waals surface area contributed by atoms with Gasteiger partial charge in [-0.25, -0.2) is 15.0 Å². The van der Waals surface area contributed by atoms with Crippen LogP contribution in [-0.2, 0) is 0 Å². The molecule has 0 aliphatic heterocycles. The largest absolute Gasteiger partial charge is 0.362 e. The summed E-state index contributed by atoms with van der Waals surface area (Å²) in [6.45, 7) is 12.7. The number of hydrogen-bond donors (Lipinski definition) is 1. The molecule has 21 heavy (non-hydrogen) atoms. The zero-order valence-corrected chi connectivity index (χ0v) is 14.5. The Morgan fingerprint density at radius 2 is 1.71 bits per heavy atom. The van der Waals surface area contributed by atoms with Crippen LogP contribution in [0.2, 0.25) is 0 Å². The summed E-state index contributed by atoms with van der Waals surface area (Å²) in [6, 6.07) is 2.13. The van der Waals surface area contributed by atoms with E-state index in [0.29, 0.717) is 11.8 Å². The maximum Gasteiger partial charge on any atom is 0.133 e. The van der Waals surface area contributed by atoms with Crippen LogP contribution >= 0.6 is 11.3 Å². The van der Waals surface area contributed by atoms with Crippen molar-refractivity contribution < 1.29 is 0 Å². The Kier molecular flexibility index (Phi) is 4.93. The van der Waals surface area contributed by atoms with Crippen LogP contribution in [0.5, 0.6) is 0 Å². The lowest BCUT2D eigenvalue weighted by atomic mass is 10.2. The third-order valence-corrected chi connectivity index (χ3v) is 4.39. The second-order valence-electron chi connectivity index (χ2n) is 6.04. The third-order valence-electron chi connectivity index (χ3n) is 3.23. The molecular weight excluding hydrogens is 280 g/mol. The summed E-state index contributed by atoms with van der Waals surface area (Å²) >= 11 is 1.72. The van der Waals surface area contributed by atoms with Crippen LogP contribution in [0, 0.1) is 6.92 Å². The minimum absolute atomic E-state index is 0.142. The van der Waals surface area contributed by atoms with Crippen LogP contribution in [-0.4, -0.2) is 15.0 Å². The number of rotatable bonds is 5. The smallest absolute Gasteiger partial charge is 0.133 e. The van der Waals surface area contributed by atoms with Gasteiger partial charge in [-0.15, -0.1) is 11.3 Å². The van der Waals surface area contributed by atoms with E-state index < -0.39 is 0 Å². The molecule has 1 unspecified atom stereocenters. The first kappa shape index (κ1) is 15.9. The predicted molar refractivity (Wildman–Crippen MR) is 89.1 cm³/mol. The number of aryl methyl sites for hydroxylation is 1. The fourth-order valence-electron chi connectivity index (χ4n) is 1.98. The Balaban J connectivity index is 2.16. The van der Waals surface area contributed by atoms with E-state index in [1.807, 2.05) is 13.0 Å². The first-order chi connectivity index (χ1) is 9.86. The molecule has 0 bridgehead atoms. The van der Waals surface area contributed by atoms with Crippen molar-refractivity contribution in [3.63, 3.8) is 0 Å². The summed E-state index contributed by atoms with van der Waals surface area (Å²) in [5, 5.41) is 6.75. The Bertz CT molecular complexity index is 604. The minimum Gasteiger partial charge on any atom is -0.362 e. The SMILES string of the molecule is Cc1cc(NC(C)c2csc(C(C)C)n2)nc(C(C)C)n1. The number of nitrogens with one attached hydrogen (secondary N) is 1. The van der Waals surface area contributed by atoms with E-state index in [1.165, 1.54) is 5.01 Å². The first-order valence-electron chi connectivity index (χ1n) is 7.44. The highest BCUT2D eigenvalue weighted by Crippen LogP contribution is 2.25. The Hall–Kier alpha value is -1.49. The van der Waals surface area contributed by atoms with Crippen molar-refractivity contribution in [1.82, 2.24) is 15.0 Å². The molecule has 2 aromatic rings. The van der Waals surface area contributed by atoms with Gasteiger partial charge in [-0.2, -0.15) is 0 Å². The lowest BCUT2D eigenvalue weighted by Gasteiger charge is -2.14. The van der Waals surface area contributed by atoms with Crippen molar-refractivity contribution in [1.29, 1.82) is 0 Å². The molecule has 5 heteroatoms. The average Bonchev–Trinajstić information content (AvgIpc) is 2.87. The van der Waals surface area contributed by atoms with Gasteiger partial charge in [-0.05, 0) is 13.8 Å². The normalized spacial score (nSPS) is 13.0. The summed E-state index contributed by atoms with van der Waals surface area (Å²) in [7, 11) is 0. The second kappa shape index (κ2) is 6.52. The summed E-state index contributed by atoms with van der Waals surface area (Å²) in [5.41, 5.74) is 2.07. The molecule has 0 aromatic carbocycles. The number of anilines is 1. The molecule has 0 amide bonds. The number of hydrogen-bond acceptors (Lipinski definition) is 5. The molecule has 2 aromatic heterocycles. The lowest BCUT2D eigenvalue weighted by Crippen LogP contribution is -2.11. The standard InChI is InChI=1S/C16H24N4S/c1-9(2)15-17-11(5)7-14(20-15)18-12(6)13-8-21-16(19-13)10(3)4/h7-10,12H,1-6H3,(H,17,18,20). The minimum atomic E-state index is 0.142. The highest BCUT2D eigenvalue weighted by atomic mass is 32.1. The molecule has 0 radical (unpaired) electrons. The van der Waals surface area contributed by atoms with E-state index in [4.69, 9.17) is 4.98 Å². The Morgan fingerprint density at radius 3 is 2.29 bits per heavy atom. The lowest BCUT2D eigenvalue weighted by molar-refractivity contribution is 0.755. The maximum absolute atomic E-state index is 4.70.